The summed E-state index contributed by atoms with van der Waals surface area (Å²) < 4.78 is 13.1. The van der Waals surface area contributed by atoms with Gasteiger partial charge in [0.2, 0.25) is 0 Å². The third-order valence-corrected chi connectivity index (χ3v) is 5.66. The molecule has 6 heteroatoms. The van der Waals surface area contributed by atoms with Gasteiger partial charge >= 0.3 is 0 Å². The van der Waals surface area contributed by atoms with Crippen molar-refractivity contribution in [1.82, 2.24) is 9.80 Å². The Morgan fingerprint density at radius 3 is 1.75 bits per heavy atom. The van der Waals surface area contributed by atoms with Crippen LogP contribution < -0.4 is 0 Å². The van der Waals surface area contributed by atoms with Crippen molar-refractivity contribution in [2.45, 2.75) is 6.92 Å². The SMILES string of the molecule is Cc1ccc(C(=O)c2ccccc2C(=O)N2CCN(C(=O)c3ccc(F)cc3)CC2)cc1. The standard InChI is InChI=1S/C26H23FN2O3/c1-18-6-8-19(9-7-18)24(30)22-4-2-3-5-23(22)26(32)29-16-14-28(15-17-29)25(31)20-10-12-21(27)13-11-20/h2-13H,14-17H2,1H3. The summed E-state index contributed by atoms with van der Waals surface area (Å²) in [7, 11) is 0. The number of carbonyl (C=O) groups excluding carboxylic acids is 3. The van der Waals surface area contributed by atoms with E-state index in [1.54, 1.807) is 46.2 Å². The summed E-state index contributed by atoms with van der Waals surface area (Å²) in [5.74, 6) is -1.00. The number of aryl methyl sites for hydroxylation is 1. The number of piperazine rings is 1. The summed E-state index contributed by atoms with van der Waals surface area (Å²) in [5.41, 5.74) is 2.73. The van der Waals surface area contributed by atoms with Crippen LogP contribution in [-0.2, 0) is 0 Å². The number of amides is 2. The molecule has 1 aliphatic rings. The lowest BCUT2D eigenvalue weighted by Crippen LogP contribution is -2.50. The predicted molar refractivity (Wildman–Crippen MR) is 119 cm³/mol. The summed E-state index contributed by atoms with van der Waals surface area (Å²) in [6, 6.07) is 19.5. The number of nitrogens with zero attached hydrogens (tertiary/aromatic N) is 2. The molecule has 0 atom stereocenters. The van der Waals surface area contributed by atoms with Gasteiger partial charge in [0, 0.05) is 42.9 Å². The molecule has 3 aromatic rings. The van der Waals surface area contributed by atoms with E-state index in [2.05, 4.69) is 0 Å². The summed E-state index contributed by atoms with van der Waals surface area (Å²) in [6.45, 7) is 3.41. The number of hydrogen-bond donors (Lipinski definition) is 0. The van der Waals surface area contributed by atoms with Gasteiger partial charge in [-0.3, -0.25) is 14.4 Å². The fraction of sp³-hybridized carbons (Fsp3) is 0.192. The molecule has 1 heterocycles. The van der Waals surface area contributed by atoms with Crippen molar-refractivity contribution in [3.63, 3.8) is 0 Å². The van der Waals surface area contributed by atoms with Gasteiger partial charge in [0.15, 0.2) is 5.78 Å². The molecule has 0 unspecified atom stereocenters. The highest BCUT2D eigenvalue weighted by molar-refractivity contribution is 6.15. The highest BCUT2D eigenvalue weighted by Gasteiger charge is 2.27. The number of halogens is 1. The molecule has 2 amide bonds. The van der Waals surface area contributed by atoms with Crippen molar-refractivity contribution in [3.05, 3.63) is 106 Å². The van der Waals surface area contributed by atoms with Crippen LogP contribution in [0.5, 0.6) is 0 Å². The highest BCUT2D eigenvalue weighted by Crippen LogP contribution is 2.19. The lowest BCUT2D eigenvalue weighted by atomic mass is 9.97. The van der Waals surface area contributed by atoms with E-state index >= 15 is 0 Å². The number of rotatable bonds is 4. The van der Waals surface area contributed by atoms with Gasteiger partial charge in [-0.05, 0) is 37.3 Å². The molecule has 4 rings (SSSR count). The Kier molecular flexibility index (Phi) is 6.12. The molecule has 0 radical (unpaired) electrons. The Bertz CT molecular complexity index is 1150. The molecule has 0 bridgehead atoms. The number of hydrogen-bond acceptors (Lipinski definition) is 3. The van der Waals surface area contributed by atoms with Crippen molar-refractivity contribution >= 4 is 17.6 Å². The maximum atomic E-state index is 13.2. The molecule has 0 spiro atoms. The molecule has 1 saturated heterocycles. The summed E-state index contributed by atoms with van der Waals surface area (Å²) in [5, 5.41) is 0. The van der Waals surface area contributed by atoms with Gasteiger partial charge in [-0.1, -0.05) is 48.0 Å². The Balaban J connectivity index is 1.47. The minimum absolute atomic E-state index is 0.188. The first-order chi connectivity index (χ1) is 15.4. The third-order valence-electron chi connectivity index (χ3n) is 5.66. The zero-order valence-electron chi connectivity index (χ0n) is 17.8. The second kappa shape index (κ2) is 9.14. The molecule has 1 aliphatic heterocycles. The van der Waals surface area contributed by atoms with Crippen molar-refractivity contribution < 1.29 is 18.8 Å². The zero-order valence-corrected chi connectivity index (χ0v) is 17.8. The van der Waals surface area contributed by atoms with Crippen LogP contribution in [0.15, 0.2) is 72.8 Å². The lowest BCUT2D eigenvalue weighted by Gasteiger charge is -2.35. The summed E-state index contributed by atoms with van der Waals surface area (Å²) in [4.78, 5) is 42.2. The Hall–Kier alpha value is -3.80. The fourth-order valence-electron chi connectivity index (χ4n) is 3.79. The summed E-state index contributed by atoms with van der Waals surface area (Å²) in [6.07, 6.45) is 0. The van der Waals surface area contributed by atoms with Crippen LogP contribution in [0.4, 0.5) is 4.39 Å². The van der Waals surface area contributed by atoms with Crippen LogP contribution in [0, 0.1) is 12.7 Å². The van der Waals surface area contributed by atoms with E-state index in [1.165, 1.54) is 24.3 Å². The molecule has 0 aromatic heterocycles. The number of ketones is 1. The first kappa shape index (κ1) is 21.4. The van der Waals surface area contributed by atoms with Gasteiger partial charge in [0.25, 0.3) is 11.8 Å². The number of carbonyl (C=O) groups is 3. The topological polar surface area (TPSA) is 57.7 Å². The fourth-order valence-corrected chi connectivity index (χ4v) is 3.79. The molecular formula is C26H23FN2O3. The minimum atomic E-state index is -0.393. The van der Waals surface area contributed by atoms with Crippen molar-refractivity contribution in [1.29, 1.82) is 0 Å². The van der Waals surface area contributed by atoms with Gasteiger partial charge in [-0.25, -0.2) is 4.39 Å². The molecule has 0 saturated carbocycles. The van der Waals surface area contributed by atoms with Crippen molar-refractivity contribution in [2.24, 2.45) is 0 Å². The molecule has 0 N–H and O–H groups in total. The van der Waals surface area contributed by atoms with Crippen LogP contribution in [0.25, 0.3) is 0 Å². The van der Waals surface area contributed by atoms with E-state index in [1.807, 2.05) is 19.1 Å². The van der Waals surface area contributed by atoms with Crippen molar-refractivity contribution in [2.75, 3.05) is 26.2 Å². The van der Waals surface area contributed by atoms with E-state index in [-0.39, 0.29) is 17.6 Å². The lowest BCUT2D eigenvalue weighted by molar-refractivity contribution is 0.0534. The van der Waals surface area contributed by atoms with Gasteiger partial charge in [0.05, 0.1) is 5.56 Å². The van der Waals surface area contributed by atoms with Gasteiger partial charge in [0.1, 0.15) is 5.82 Å². The van der Waals surface area contributed by atoms with E-state index in [9.17, 15) is 18.8 Å². The maximum absolute atomic E-state index is 13.2. The van der Waals surface area contributed by atoms with E-state index in [0.717, 1.165) is 5.56 Å². The van der Waals surface area contributed by atoms with Gasteiger partial charge in [-0.2, -0.15) is 0 Å². The van der Waals surface area contributed by atoms with Crippen LogP contribution >= 0.6 is 0 Å². The second-order valence-electron chi connectivity index (χ2n) is 7.83. The van der Waals surface area contributed by atoms with Crippen LogP contribution in [0.2, 0.25) is 0 Å². The first-order valence-electron chi connectivity index (χ1n) is 10.5. The van der Waals surface area contributed by atoms with Crippen LogP contribution in [0.3, 0.4) is 0 Å². The second-order valence-corrected chi connectivity index (χ2v) is 7.83. The van der Waals surface area contributed by atoms with Crippen molar-refractivity contribution in [3.8, 4) is 0 Å². The molecule has 162 valence electrons. The molecule has 5 nitrogen and oxygen atoms in total. The number of benzene rings is 3. The van der Waals surface area contributed by atoms with E-state index in [4.69, 9.17) is 0 Å². The monoisotopic (exact) mass is 430 g/mol. The third kappa shape index (κ3) is 4.44. The molecule has 0 aliphatic carbocycles. The smallest absolute Gasteiger partial charge is 0.254 e. The predicted octanol–water partition coefficient (Wildman–Crippen LogP) is 3.96. The average molecular weight is 430 g/mol. The Labute approximate surface area is 186 Å². The van der Waals surface area contributed by atoms with Gasteiger partial charge in [-0.15, -0.1) is 0 Å². The molecule has 3 aromatic carbocycles. The molecule has 1 fully saturated rings. The molecular weight excluding hydrogens is 407 g/mol. The maximum Gasteiger partial charge on any atom is 0.254 e. The first-order valence-corrected chi connectivity index (χ1v) is 10.5. The zero-order chi connectivity index (χ0) is 22.7. The Morgan fingerprint density at radius 1 is 0.656 bits per heavy atom. The van der Waals surface area contributed by atoms with Crippen LogP contribution in [-0.4, -0.2) is 53.6 Å². The average Bonchev–Trinajstić information content (AvgIpc) is 2.84. The van der Waals surface area contributed by atoms with E-state index in [0.29, 0.717) is 48.4 Å². The largest absolute Gasteiger partial charge is 0.335 e. The molecule has 32 heavy (non-hydrogen) atoms. The summed E-state index contributed by atoms with van der Waals surface area (Å²) >= 11 is 0. The van der Waals surface area contributed by atoms with Gasteiger partial charge < -0.3 is 9.80 Å². The highest BCUT2D eigenvalue weighted by atomic mass is 19.1. The minimum Gasteiger partial charge on any atom is -0.335 e. The Morgan fingerprint density at radius 2 is 1.16 bits per heavy atom. The van der Waals surface area contributed by atoms with E-state index < -0.39 is 5.82 Å². The van der Waals surface area contributed by atoms with Crippen LogP contribution in [0.1, 0.15) is 42.2 Å². The normalized spacial score (nSPS) is 13.7. The quantitative estimate of drug-likeness (QED) is 0.589.